The monoisotopic (exact) mass is 765 g/mol. The fraction of sp³-hybridized carbons (Fsp3) is 0.348. The van der Waals surface area contributed by atoms with Crippen LogP contribution in [0.25, 0.3) is 22.2 Å². The van der Waals surface area contributed by atoms with Crippen molar-refractivity contribution in [2.24, 2.45) is 5.92 Å². The molecular weight excluding hydrogens is 715 g/mol. The number of anilines is 2. The normalized spacial score (nSPS) is 20.3. The van der Waals surface area contributed by atoms with Gasteiger partial charge < -0.3 is 25.4 Å². The molecule has 294 valence electrons. The van der Waals surface area contributed by atoms with Crippen LogP contribution in [0.5, 0.6) is 0 Å². The van der Waals surface area contributed by atoms with Crippen molar-refractivity contribution >= 4 is 45.9 Å². The summed E-state index contributed by atoms with van der Waals surface area (Å²) in [6.45, 7) is 3.59. The smallest absolute Gasteiger partial charge is 0.247 e. The van der Waals surface area contributed by atoms with Gasteiger partial charge in [0, 0.05) is 54.2 Å². The number of likely N-dealkylation sites (N-methyl/N-ethyl adjacent to an activating group) is 1. The van der Waals surface area contributed by atoms with E-state index in [1.165, 1.54) is 5.56 Å². The molecule has 57 heavy (non-hydrogen) atoms. The van der Waals surface area contributed by atoms with Gasteiger partial charge in [-0.1, -0.05) is 72.8 Å². The van der Waals surface area contributed by atoms with Gasteiger partial charge in [0.25, 0.3) is 0 Å². The molecule has 0 aliphatic carbocycles. The average Bonchev–Trinajstić information content (AvgIpc) is 4.06. The van der Waals surface area contributed by atoms with Gasteiger partial charge in [-0.3, -0.25) is 29.0 Å². The maximum absolute atomic E-state index is 13.8. The number of amides is 4. The lowest BCUT2D eigenvalue weighted by Gasteiger charge is -2.31. The topological polar surface area (TPSA) is 121 Å². The van der Waals surface area contributed by atoms with Crippen LogP contribution < -0.4 is 10.6 Å². The minimum atomic E-state index is -0.541. The Balaban J connectivity index is 0.872. The van der Waals surface area contributed by atoms with Crippen molar-refractivity contribution in [3.8, 4) is 11.3 Å². The van der Waals surface area contributed by atoms with Crippen LogP contribution in [0.2, 0.25) is 0 Å². The van der Waals surface area contributed by atoms with Gasteiger partial charge in [0.1, 0.15) is 18.1 Å². The van der Waals surface area contributed by atoms with Crippen molar-refractivity contribution in [3.63, 3.8) is 0 Å². The second-order valence-electron chi connectivity index (χ2n) is 15.9. The number of hydrogen-bond donors (Lipinski definition) is 3. The number of benzene rings is 4. The highest BCUT2D eigenvalue weighted by Gasteiger charge is 2.40. The van der Waals surface area contributed by atoms with E-state index >= 15 is 0 Å². The quantitative estimate of drug-likeness (QED) is 0.141. The zero-order valence-corrected chi connectivity index (χ0v) is 32.7. The molecule has 4 amide bonds. The van der Waals surface area contributed by atoms with Crippen LogP contribution in [0.15, 0.2) is 109 Å². The van der Waals surface area contributed by atoms with E-state index in [2.05, 4.69) is 32.7 Å². The Kier molecular flexibility index (Phi) is 11.2. The Bertz CT molecular complexity index is 2220. The Morgan fingerprint density at radius 1 is 0.719 bits per heavy atom. The van der Waals surface area contributed by atoms with Crippen molar-refractivity contribution in [3.05, 3.63) is 120 Å². The largest absolute Gasteiger partial charge is 0.355 e. The zero-order valence-electron chi connectivity index (χ0n) is 32.7. The van der Waals surface area contributed by atoms with Gasteiger partial charge in [-0.2, -0.15) is 0 Å². The molecule has 0 bridgehead atoms. The summed E-state index contributed by atoms with van der Waals surface area (Å²) in [7, 11) is 3.78. The first-order chi connectivity index (χ1) is 27.7. The molecular formula is C46H51N7O4. The standard InChI is InChI=1S/C46H51N7O4/c1-50(2)42(33-13-7-4-8-14-33)46(57)53-25-10-16-41(53)44(55)48-37-21-22-38-35(27-37)28-39(49-38)32-17-19-36(20-18-32)47-43(54)40-15-9-24-52(40)45(56)34-23-26-51(30-34)29-31-11-5-3-6-12-31/h3-8,11-14,17-22,27-28,34,40-42,49H,9-10,15-16,23-26,29-30H2,1-2H3,(H,47,54)(H,48,55)/t34-,40+,41+,42-/m1/s1. The minimum absolute atomic E-state index is 0.0680. The molecule has 8 rings (SSSR count). The maximum atomic E-state index is 13.8. The number of aromatic amines is 1. The fourth-order valence-corrected chi connectivity index (χ4v) is 8.86. The van der Waals surface area contributed by atoms with Crippen LogP contribution in [0.4, 0.5) is 11.4 Å². The third-order valence-corrected chi connectivity index (χ3v) is 11.8. The predicted octanol–water partition coefficient (Wildman–Crippen LogP) is 6.52. The molecule has 0 radical (unpaired) electrons. The van der Waals surface area contributed by atoms with Gasteiger partial charge in [-0.05, 0) is 106 Å². The number of carbonyl (C=O) groups is 4. The van der Waals surface area contributed by atoms with Crippen LogP contribution in [0.1, 0.15) is 49.3 Å². The van der Waals surface area contributed by atoms with Crippen molar-refractivity contribution in [2.75, 3.05) is 50.9 Å². The van der Waals surface area contributed by atoms with Gasteiger partial charge >= 0.3 is 0 Å². The molecule has 4 atom stereocenters. The van der Waals surface area contributed by atoms with Gasteiger partial charge in [0.2, 0.25) is 23.6 Å². The number of aromatic nitrogens is 1. The number of carbonyl (C=O) groups excluding carboxylic acids is 4. The molecule has 0 spiro atoms. The van der Waals surface area contributed by atoms with Crippen LogP contribution in [-0.2, 0) is 25.7 Å². The molecule has 3 aliphatic rings. The molecule has 0 saturated carbocycles. The molecule has 0 unspecified atom stereocenters. The molecule has 4 aromatic carbocycles. The molecule has 11 nitrogen and oxygen atoms in total. The lowest BCUT2D eigenvalue weighted by atomic mass is 10.0. The summed E-state index contributed by atoms with van der Waals surface area (Å²) in [6.07, 6.45) is 3.69. The minimum Gasteiger partial charge on any atom is -0.355 e. The van der Waals surface area contributed by atoms with Crippen molar-refractivity contribution in [2.45, 2.75) is 56.8 Å². The Morgan fingerprint density at radius 3 is 2.05 bits per heavy atom. The summed E-state index contributed by atoms with van der Waals surface area (Å²) >= 11 is 0. The van der Waals surface area contributed by atoms with E-state index in [4.69, 9.17) is 0 Å². The average molecular weight is 766 g/mol. The molecule has 4 heterocycles. The Labute approximate surface area is 334 Å². The summed E-state index contributed by atoms with van der Waals surface area (Å²) in [5, 5.41) is 7.08. The molecule has 3 aliphatic heterocycles. The Hall–Kier alpha value is -5.78. The number of likely N-dealkylation sites (tertiary alicyclic amines) is 3. The maximum Gasteiger partial charge on any atom is 0.247 e. The van der Waals surface area contributed by atoms with Crippen LogP contribution in [-0.4, -0.2) is 101 Å². The highest BCUT2D eigenvalue weighted by molar-refractivity contribution is 6.01. The Morgan fingerprint density at radius 2 is 1.35 bits per heavy atom. The summed E-state index contributed by atoms with van der Waals surface area (Å²) < 4.78 is 0. The second kappa shape index (κ2) is 16.8. The van der Waals surface area contributed by atoms with Crippen molar-refractivity contribution in [1.82, 2.24) is 24.6 Å². The first kappa shape index (κ1) is 38.1. The van der Waals surface area contributed by atoms with Crippen LogP contribution in [0, 0.1) is 5.92 Å². The fourth-order valence-electron chi connectivity index (χ4n) is 8.86. The SMILES string of the molecule is CN(C)[C@@H](C(=O)N1CCC[C@H]1C(=O)Nc1ccc2[nH]c(-c3ccc(NC(=O)[C@@H]4CCCN4C(=O)[C@@H]4CCN(Cc5ccccc5)C4)cc3)cc2c1)c1ccccc1. The van der Waals surface area contributed by atoms with E-state index in [0.717, 1.165) is 66.6 Å². The second-order valence-corrected chi connectivity index (χ2v) is 15.9. The van der Waals surface area contributed by atoms with E-state index in [-0.39, 0.29) is 29.5 Å². The molecule has 1 aromatic heterocycles. The third-order valence-electron chi connectivity index (χ3n) is 11.8. The number of rotatable bonds is 11. The number of fused-ring (bicyclic) bond motifs is 1. The highest BCUT2D eigenvalue weighted by Crippen LogP contribution is 2.31. The summed E-state index contributed by atoms with van der Waals surface area (Å²) in [6, 6.07) is 34.0. The molecule has 3 N–H and O–H groups in total. The zero-order chi connectivity index (χ0) is 39.5. The van der Waals surface area contributed by atoms with Crippen molar-refractivity contribution < 1.29 is 19.2 Å². The summed E-state index contributed by atoms with van der Waals surface area (Å²) in [5.41, 5.74) is 6.27. The van der Waals surface area contributed by atoms with Crippen LogP contribution >= 0.6 is 0 Å². The number of nitrogens with one attached hydrogen (secondary N) is 3. The van der Waals surface area contributed by atoms with E-state index in [0.29, 0.717) is 37.3 Å². The number of H-pyrrole nitrogens is 1. The molecule has 5 aromatic rings. The van der Waals surface area contributed by atoms with Gasteiger partial charge in [-0.25, -0.2) is 0 Å². The predicted molar refractivity (Wildman–Crippen MR) is 223 cm³/mol. The van der Waals surface area contributed by atoms with Gasteiger partial charge in [-0.15, -0.1) is 0 Å². The van der Waals surface area contributed by atoms with E-state index in [1.807, 2.05) is 116 Å². The van der Waals surface area contributed by atoms with Gasteiger partial charge in [0.15, 0.2) is 0 Å². The first-order valence-corrected chi connectivity index (χ1v) is 20.2. The van der Waals surface area contributed by atoms with Gasteiger partial charge in [0.05, 0.1) is 5.92 Å². The third kappa shape index (κ3) is 8.36. The number of hydrogen-bond acceptors (Lipinski definition) is 6. The first-order valence-electron chi connectivity index (χ1n) is 20.2. The van der Waals surface area contributed by atoms with Crippen LogP contribution in [0.3, 0.4) is 0 Å². The lowest BCUT2D eigenvalue weighted by Crippen LogP contribution is -2.47. The summed E-state index contributed by atoms with van der Waals surface area (Å²) in [5.74, 6) is -0.394. The highest BCUT2D eigenvalue weighted by atomic mass is 16.2. The summed E-state index contributed by atoms with van der Waals surface area (Å²) in [4.78, 5) is 65.8. The molecule has 3 saturated heterocycles. The number of nitrogens with zero attached hydrogens (tertiary/aromatic N) is 4. The molecule has 11 heteroatoms. The lowest BCUT2D eigenvalue weighted by molar-refractivity contribution is -0.140. The molecule has 3 fully saturated rings. The van der Waals surface area contributed by atoms with E-state index < -0.39 is 18.1 Å². The van der Waals surface area contributed by atoms with E-state index in [1.54, 1.807) is 9.80 Å². The van der Waals surface area contributed by atoms with E-state index in [9.17, 15) is 19.2 Å². The van der Waals surface area contributed by atoms with Crippen molar-refractivity contribution in [1.29, 1.82) is 0 Å².